The van der Waals surface area contributed by atoms with Crippen molar-refractivity contribution in [1.82, 2.24) is 9.55 Å². The SMILES string of the molecule is CCN(CC)c1ccc(NC(=O)CSc2nc(O)cc(=O)n2-c2ccccc2C)c(C)c1. The van der Waals surface area contributed by atoms with Crippen molar-refractivity contribution in [1.29, 1.82) is 0 Å². The fourth-order valence-corrected chi connectivity index (χ4v) is 4.28. The Balaban J connectivity index is 1.77. The van der Waals surface area contributed by atoms with Crippen molar-refractivity contribution in [3.05, 3.63) is 70.0 Å². The Labute approximate surface area is 192 Å². The van der Waals surface area contributed by atoms with Crippen LogP contribution in [0, 0.1) is 13.8 Å². The number of aromatic nitrogens is 2. The number of benzene rings is 2. The summed E-state index contributed by atoms with van der Waals surface area (Å²) >= 11 is 1.10. The van der Waals surface area contributed by atoms with Crippen molar-refractivity contribution in [2.75, 3.05) is 29.1 Å². The molecule has 0 unspecified atom stereocenters. The number of thioether (sulfide) groups is 1. The summed E-state index contributed by atoms with van der Waals surface area (Å²) in [6.07, 6.45) is 0. The maximum absolute atomic E-state index is 12.6. The third kappa shape index (κ3) is 5.31. The van der Waals surface area contributed by atoms with Gasteiger partial charge in [-0.05, 0) is 63.1 Å². The summed E-state index contributed by atoms with van der Waals surface area (Å²) < 4.78 is 1.41. The second kappa shape index (κ2) is 10.4. The smallest absolute Gasteiger partial charge is 0.262 e. The molecular formula is C24H28N4O3S. The van der Waals surface area contributed by atoms with E-state index < -0.39 is 5.56 Å². The molecule has 168 valence electrons. The highest BCUT2D eigenvalue weighted by molar-refractivity contribution is 7.99. The van der Waals surface area contributed by atoms with Crippen LogP contribution in [0.2, 0.25) is 0 Å². The van der Waals surface area contributed by atoms with Gasteiger partial charge in [-0.1, -0.05) is 30.0 Å². The van der Waals surface area contributed by atoms with E-state index in [1.54, 1.807) is 6.07 Å². The highest BCUT2D eigenvalue weighted by Gasteiger charge is 2.15. The number of hydrogen-bond acceptors (Lipinski definition) is 6. The molecule has 1 amide bonds. The summed E-state index contributed by atoms with van der Waals surface area (Å²) in [5.74, 6) is -0.549. The first-order valence-corrected chi connectivity index (χ1v) is 11.5. The number of aromatic hydroxyl groups is 1. The number of carbonyl (C=O) groups excluding carboxylic acids is 1. The lowest BCUT2D eigenvalue weighted by molar-refractivity contribution is -0.113. The number of carbonyl (C=O) groups is 1. The van der Waals surface area contributed by atoms with Crippen molar-refractivity contribution in [2.24, 2.45) is 0 Å². The minimum absolute atomic E-state index is 0.0407. The summed E-state index contributed by atoms with van der Waals surface area (Å²) in [5, 5.41) is 13.0. The Bertz CT molecular complexity index is 1170. The van der Waals surface area contributed by atoms with Gasteiger partial charge in [0.15, 0.2) is 5.16 Å². The predicted octanol–water partition coefficient (Wildman–Crippen LogP) is 4.13. The number of nitrogens with one attached hydrogen (secondary N) is 1. The van der Waals surface area contributed by atoms with Gasteiger partial charge < -0.3 is 15.3 Å². The Morgan fingerprint density at radius 3 is 2.47 bits per heavy atom. The van der Waals surface area contributed by atoms with E-state index in [4.69, 9.17) is 0 Å². The molecule has 0 aliphatic heterocycles. The monoisotopic (exact) mass is 452 g/mol. The zero-order valence-corrected chi connectivity index (χ0v) is 19.6. The number of aryl methyl sites for hydroxylation is 2. The summed E-state index contributed by atoms with van der Waals surface area (Å²) in [5.41, 5.74) is 3.98. The first-order valence-electron chi connectivity index (χ1n) is 10.5. The van der Waals surface area contributed by atoms with Crippen LogP contribution in [-0.2, 0) is 4.79 Å². The van der Waals surface area contributed by atoms with Crippen LogP contribution >= 0.6 is 11.8 Å². The molecule has 3 aromatic rings. The van der Waals surface area contributed by atoms with Crippen molar-refractivity contribution >= 4 is 29.0 Å². The minimum Gasteiger partial charge on any atom is -0.493 e. The van der Waals surface area contributed by atoms with Crippen LogP contribution < -0.4 is 15.8 Å². The van der Waals surface area contributed by atoms with Gasteiger partial charge in [-0.2, -0.15) is 4.98 Å². The second-order valence-corrected chi connectivity index (χ2v) is 8.31. The zero-order valence-electron chi connectivity index (χ0n) is 18.8. The van der Waals surface area contributed by atoms with Crippen LogP contribution in [0.25, 0.3) is 5.69 Å². The summed E-state index contributed by atoms with van der Waals surface area (Å²) in [7, 11) is 0. The first-order chi connectivity index (χ1) is 15.3. The highest BCUT2D eigenvalue weighted by Crippen LogP contribution is 2.25. The Kier molecular flexibility index (Phi) is 7.58. The maximum atomic E-state index is 12.6. The number of anilines is 2. The molecular weight excluding hydrogens is 424 g/mol. The van der Waals surface area contributed by atoms with Crippen LogP contribution in [0.15, 0.2) is 58.5 Å². The summed E-state index contributed by atoms with van der Waals surface area (Å²) in [6.45, 7) is 9.90. The van der Waals surface area contributed by atoms with Crippen molar-refractivity contribution in [3.8, 4) is 11.6 Å². The first kappa shape index (κ1) is 23.4. The topological polar surface area (TPSA) is 87.5 Å². The van der Waals surface area contributed by atoms with Gasteiger partial charge in [0.2, 0.25) is 11.8 Å². The Hall–Kier alpha value is -3.26. The van der Waals surface area contributed by atoms with Crippen molar-refractivity contribution < 1.29 is 9.90 Å². The standard InChI is InChI=1S/C24H28N4O3S/c1-5-27(6-2)18-11-12-19(17(4)13-18)25-22(30)15-32-24-26-21(29)14-23(31)28(24)20-10-8-7-9-16(20)3/h7-14,29H,5-6,15H2,1-4H3,(H,25,30). The molecule has 0 saturated carbocycles. The molecule has 32 heavy (non-hydrogen) atoms. The van der Waals surface area contributed by atoms with Gasteiger partial charge in [0.1, 0.15) is 0 Å². The normalized spacial score (nSPS) is 10.8. The van der Waals surface area contributed by atoms with Crippen LogP contribution in [0.4, 0.5) is 11.4 Å². The molecule has 0 bridgehead atoms. The number of amides is 1. The molecule has 1 heterocycles. The third-order valence-electron chi connectivity index (χ3n) is 5.18. The van der Waals surface area contributed by atoms with E-state index in [2.05, 4.69) is 35.1 Å². The molecule has 2 N–H and O–H groups in total. The van der Waals surface area contributed by atoms with E-state index in [-0.39, 0.29) is 22.7 Å². The van der Waals surface area contributed by atoms with Crippen LogP contribution in [-0.4, -0.2) is 39.4 Å². The van der Waals surface area contributed by atoms with Crippen molar-refractivity contribution in [3.63, 3.8) is 0 Å². The van der Waals surface area contributed by atoms with E-state index >= 15 is 0 Å². The summed E-state index contributed by atoms with van der Waals surface area (Å²) in [4.78, 5) is 31.5. The van der Waals surface area contributed by atoms with E-state index in [0.717, 1.165) is 53.4 Å². The molecule has 0 saturated heterocycles. The third-order valence-corrected chi connectivity index (χ3v) is 6.11. The number of hydrogen-bond donors (Lipinski definition) is 2. The molecule has 0 aliphatic carbocycles. The molecule has 0 radical (unpaired) electrons. The lowest BCUT2D eigenvalue weighted by Gasteiger charge is -2.22. The van der Waals surface area contributed by atoms with E-state index in [9.17, 15) is 14.7 Å². The minimum atomic E-state index is -0.405. The molecule has 1 aromatic heterocycles. The number of nitrogens with zero attached hydrogens (tertiary/aromatic N) is 3. The average Bonchev–Trinajstić information content (AvgIpc) is 2.75. The van der Waals surface area contributed by atoms with Crippen LogP contribution in [0.1, 0.15) is 25.0 Å². The summed E-state index contributed by atoms with van der Waals surface area (Å²) in [6, 6.07) is 14.4. The van der Waals surface area contributed by atoms with E-state index in [0.29, 0.717) is 5.69 Å². The van der Waals surface area contributed by atoms with Gasteiger partial charge in [-0.25, -0.2) is 0 Å². The van der Waals surface area contributed by atoms with E-state index in [1.807, 2.05) is 44.2 Å². The van der Waals surface area contributed by atoms with Gasteiger partial charge in [-0.3, -0.25) is 14.2 Å². The Morgan fingerprint density at radius 2 is 1.81 bits per heavy atom. The quantitative estimate of drug-likeness (QED) is 0.395. The number of rotatable bonds is 8. The maximum Gasteiger partial charge on any atom is 0.262 e. The molecule has 8 heteroatoms. The second-order valence-electron chi connectivity index (χ2n) is 7.37. The predicted molar refractivity (Wildman–Crippen MR) is 130 cm³/mol. The number of para-hydroxylation sites is 1. The highest BCUT2D eigenvalue weighted by atomic mass is 32.2. The lowest BCUT2D eigenvalue weighted by Crippen LogP contribution is -2.23. The Morgan fingerprint density at radius 1 is 1.09 bits per heavy atom. The molecule has 0 aliphatic rings. The molecule has 2 aromatic carbocycles. The fourth-order valence-electron chi connectivity index (χ4n) is 3.47. The molecule has 0 fully saturated rings. The lowest BCUT2D eigenvalue weighted by atomic mass is 10.1. The van der Waals surface area contributed by atoms with Gasteiger partial charge in [0.05, 0.1) is 17.5 Å². The van der Waals surface area contributed by atoms with Crippen molar-refractivity contribution in [2.45, 2.75) is 32.9 Å². The largest absolute Gasteiger partial charge is 0.493 e. The van der Waals surface area contributed by atoms with E-state index in [1.165, 1.54) is 4.57 Å². The van der Waals surface area contributed by atoms with Gasteiger partial charge in [0, 0.05) is 24.5 Å². The molecule has 3 rings (SSSR count). The molecule has 7 nitrogen and oxygen atoms in total. The van der Waals surface area contributed by atoms with Gasteiger partial charge >= 0.3 is 0 Å². The van der Waals surface area contributed by atoms with Gasteiger partial charge in [-0.15, -0.1) is 0 Å². The molecule has 0 spiro atoms. The molecule has 0 atom stereocenters. The van der Waals surface area contributed by atoms with Crippen LogP contribution in [0.5, 0.6) is 5.88 Å². The zero-order chi connectivity index (χ0) is 23.3. The average molecular weight is 453 g/mol. The fraction of sp³-hybridized carbons (Fsp3) is 0.292. The van der Waals surface area contributed by atoms with Crippen LogP contribution in [0.3, 0.4) is 0 Å². The van der Waals surface area contributed by atoms with Gasteiger partial charge in [0.25, 0.3) is 5.56 Å².